The Bertz CT molecular complexity index is 435. The molecular formula is C14H29N3O3S. The van der Waals surface area contributed by atoms with Gasteiger partial charge in [0.1, 0.15) is 0 Å². The molecule has 7 heteroatoms. The van der Waals surface area contributed by atoms with Crippen LogP contribution >= 0.6 is 0 Å². The van der Waals surface area contributed by atoms with Gasteiger partial charge in [-0.1, -0.05) is 6.92 Å². The van der Waals surface area contributed by atoms with Crippen molar-refractivity contribution < 1.29 is 13.2 Å². The fraction of sp³-hybridized carbons (Fsp3) is 0.929. The highest BCUT2D eigenvalue weighted by atomic mass is 32.2. The number of carbonyl (C=O) groups excluding carboxylic acids is 1. The first-order valence-corrected chi connectivity index (χ1v) is 9.27. The van der Waals surface area contributed by atoms with Gasteiger partial charge < -0.3 is 10.2 Å². The number of hydrogen-bond acceptors (Lipinski definition) is 4. The molecule has 1 aliphatic heterocycles. The number of piperazine rings is 1. The maximum Gasteiger partial charge on any atom is 0.223 e. The Balaban J connectivity index is 2.37. The molecule has 1 aliphatic rings. The smallest absolute Gasteiger partial charge is 0.223 e. The highest BCUT2D eigenvalue weighted by molar-refractivity contribution is 7.89. The summed E-state index contributed by atoms with van der Waals surface area (Å²) >= 11 is 0. The number of hydrogen-bond donors (Lipinski definition) is 1. The fourth-order valence-corrected chi connectivity index (χ4v) is 3.80. The highest BCUT2D eigenvalue weighted by Crippen LogP contribution is 2.10. The molecule has 0 bridgehead atoms. The van der Waals surface area contributed by atoms with Gasteiger partial charge in [0.15, 0.2) is 0 Å². The second-order valence-corrected chi connectivity index (χ2v) is 8.61. The Labute approximate surface area is 128 Å². The maximum atomic E-state index is 12.1. The molecule has 1 N–H and O–H groups in total. The normalized spacial score (nSPS) is 18.0. The van der Waals surface area contributed by atoms with Gasteiger partial charge in [0, 0.05) is 44.7 Å². The Kier molecular flexibility index (Phi) is 6.62. The highest BCUT2D eigenvalue weighted by Gasteiger charge is 2.27. The van der Waals surface area contributed by atoms with E-state index in [1.165, 1.54) is 4.31 Å². The number of nitrogens with zero attached hydrogens (tertiary/aromatic N) is 2. The molecule has 1 heterocycles. The molecule has 1 amide bonds. The summed E-state index contributed by atoms with van der Waals surface area (Å²) in [6, 6.07) is 0. The van der Waals surface area contributed by atoms with Gasteiger partial charge in [-0.3, -0.25) is 4.79 Å². The van der Waals surface area contributed by atoms with Gasteiger partial charge in [-0.25, -0.2) is 8.42 Å². The molecule has 1 rings (SSSR count). The van der Waals surface area contributed by atoms with Crippen molar-refractivity contribution >= 4 is 15.9 Å². The van der Waals surface area contributed by atoms with Gasteiger partial charge in [-0.2, -0.15) is 4.31 Å². The number of carbonyl (C=O) groups is 1. The van der Waals surface area contributed by atoms with Crippen LogP contribution in [-0.2, 0) is 14.8 Å². The summed E-state index contributed by atoms with van der Waals surface area (Å²) < 4.78 is 25.4. The van der Waals surface area contributed by atoms with Crippen molar-refractivity contribution in [3.63, 3.8) is 0 Å². The van der Waals surface area contributed by atoms with Gasteiger partial charge in [0.25, 0.3) is 0 Å². The number of sulfonamides is 1. The van der Waals surface area contributed by atoms with E-state index in [-0.39, 0.29) is 17.2 Å². The van der Waals surface area contributed by atoms with E-state index in [1.54, 1.807) is 4.90 Å². The molecule has 0 unspecified atom stereocenters. The largest absolute Gasteiger partial charge is 0.340 e. The van der Waals surface area contributed by atoms with Crippen LogP contribution in [0.25, 0.3) is 0 Å². The number of amides is 1. The van der Waals surface area contributed by atoms with E-state index in [1.807, 2.05) is 6.92 Å². The third kappa shape index (κ3) is 6.32. The lowest BCUT2D eigenvalue weighted by Crippen LogP contribution is -2.51. The third-order valence-corrected chi connectivity index (χ3v) is 5.52. The molecule has 0 aromatic rings. The Hall–Kier alpha value is -0.660. The van der Waals surface area contributed by atoms with Crippen LogP contribution in [0.1, 0.15) is 40.5 Å². The molecular weight excluding hydrogens is 290 g/mol. The first-order valence-electron chi connectivity index (χ1n) is 7.66. The van der Waals surface area contributed by atoms with Crippen LogP contribution < -0.4 is 5.32 Å². The predicted molar refractivity (Wildman–Crippen MR) is 84.6 cm³/mol. The molecule has 124 valence electrons. The molecule has 0 aromatic carbocycles. The van der Waals surface area contributed by atoms with Crippen LogP contribution in [0.2, 0.25) is 0 Å². The van der Waals surface area contributed by atoms with Crippen molar-refractivity contribution in [2.45, 2.75) is 46.1 Å². The third-order valence-electron chi connectivity index (χ3n) is 3.44. The quantitative estimate of drug-likeness (QED) is 0.780. The molecule has 0 saturated carbocycles. The van der Waals surface area contributed by atoms with Crippen LogP contribution in [0, 0.1) is 0 Å². The first-order chi connectivity index (χ1) is 9.65. The minimum absolute atomic E-state index is 0.00715. The Morgan fingerprint density at radius 1 is 1.14 bits per heavy atom. The van der Waals surface area contributed by atoms with E-state index in [4.69, 9.17) is 0 Å². The summed E-state index contributed by atoms with van der Waals surface area (Å²) in [6.45, 7) is 10.5. The van der Waals surface area contributed by atoms with Crippen molar-refractivity contribution in [3.05, 3.63) is 0 Å². The lowest BCUT2D eigenvalue weighted by atomic mass is 10.1. The number of nitrogens with one attached hydrogen (secondary N) is 1. The van der Waals surface area contributed by atoms with Gasteiger partial charge in [-0.15, -0.1) is 0 Å². The Morgan fingerprint density at radius 3 is 2.19 bits per heavy atom. The molecule has 0 aromatic heterocycles. The zero-order chi connectivity index (χ0) is 16.1. The second kappa shape index (κ2) is 7.56. The molecule has 21 heavy (non-hydrogen) atoms. The minimum Gasteiger partial charge on any atom is -0.340 e. The van der Waals surface area contributed by atoms with Crippen LogP contribution in [0.15, 0.2) is 0 Å². The Morgan fingerprint density at radius 2 is 1.71 bits per heavy atom. The first kappa shape index (κ1) is 18.4. The van der Waals surface area contributed by atoms with Gasteiger partial charge in [-0.05, 0) is 27.2 Å². The molecule has 0 radical (unpaired) electrons. The van der Waals surface area contributed by atoms with Crippen LogP contribution in [0.5, 0.6) is 0 Å². The summed E-state index contributed by atoms with van der Waals surface area (Å²) in [6.07, 6.45) is 1.08. The maximum absolute atomic E-state index is 12.1. The van der Waals surface area contributed by atoms with Crippen molar-refractivity contribution in [1.29, 1.82) is 0 Å². The van der Waals surface area contributed by atoms with E-state index in [0.29, 0.717) is 45.6 Å². The average molecular weight is 319 g/mol. The summed E-state index contributed by atoms with van der Waals surface area (Å²) in [5, 5.41) is 3.29. The van der Waals surface area contributed by atoms with Crippen molar-refractivity contribution in [2.24, 2.45) is 0 Å². The van der Waals surface area contributed by atoms with E-state index >= 15 is 0 Å². The number of rotatable bonds is 6. The molecule has 0 spiro atoms. The SMILES string of the molecule is CCCS(=O)(=O)N1CCN(C(=O)CCNC(C)(C)C)CC1. The van der Waals surface area contributed by atoms with Crippen molar-refractivity contribution in [3.8, 4) is 0 Å². The zero-order valence-electron chi connectivity index (χ0n) is 13.7. The van der Waals surface area contributed by atoms with Gasteiger partial charge in [0.2, 0.25) is 15.9 Å². The van der Waals surface area contributed by atoms with Crippen LogP contribution in [-0.4, -0.2) is 67.5 Å². The standard InChI is InChI=1S/C14H29N3O3S/c1-5-12-21(19,20)17-10-8-16(9-11-17)13(18)6-7-15-14(2,3)4/h15H,5-12H2,1-4H3. The molecule has 1 saturated heterocycles. The monoisotopic (exact) mass is 319 g/mol. The van der Waals surface area contributed by atoms with E-state index in [2.05, 4.69) is 26.1 Å². The predicted octanol–water partition coefficient (Wildman–Crippen LogP) is 0.649. The van der Waals surface area contributed by atoms with E-state index < -0.39 is 10.0 Å². The summed E-state index contributed by atoms with van der Waals surface area (Å²) in [4.78, 5) is 13.9. The van der Waals surface area contributed by atoms with Gasteiger partial charge >= 0.3 is 0 Å². The zero-order valence-corrected chi connectivity index (χ0v) is 14.5. The second-order valence-electron chi connectivity index (χ2n) is 6.52. The molecule has 6 nitrogen and oxygen atoms in total. The van der Waals surface area contributed by atoms with Crippen LogP contribution in [0.4, 0.5) is 0 Å². The summed E-state index contributed by atoms with van der Waals surface area (Å²) in [7, 11) is -3.14. The average Bonchev–Trinajstić information content (AvgIpc) is 2.37. The fourth-order valence-electron chi connectivity index (χ4n) is 2.31. The van der Waals surface area contributed by atoms with Crippen molar-refractivity contribution in [2.75, 3.05) is 38.5 Å². The minimum atomic E-state index is -3.14. The van der Waals surface area contributed by atoms with Crippen molar-refractivity contribution in [1.82, 2.24) is 14.5 Å². The summed E-state index contributed by atoms with van der Waals surface area (Å²) in [5.74, 6) is 0.287. The molecule has 0 aliphatic carbocycles. The lowest BCUT2D eigenvalue weighted by molar-refractivity contribution is -0.132. The molecule has 0 atom stereocenters. The lowest BCUT2D eigenvalue weighted by Gasteiger charge is -2.34. The molecule has 1 fully saturated rings. The summed E-state index contributed by atoms with van der Waals surface area (Å²) in [5.41, 5.74) is 0.00715. The topological polar surface area (TPSA) is 69.7 Å². The van der Waals surface area contributed by atoms with E-state index in [9.17, 15) is 13.2 Å². The van der Waals surface area contributed by atoms with Gasteiger partial charge in [0.05, 0.1) is 5.75 Å². The van der Waals surface area contributed by atoms with Crippen LogP contribution in [0.3, 0.4) is 0 Å². The van der Waals surface area contributed by atoms with E-state index in [0.717, 1.165) is 0 Å².